The molecule has 2 aliphatic carbocycles. The Balaban J connectivity index is 1.33. The highest BCUT2D eigenvalue weighted by molar-refractivity contribution is 7.21. The van der Waals surface area contributed by atoms with Crippen molar-refractivity contribution in [2.45, 2.75) is 56.3 Å². The minimum atomic E-state index is -1.56. The second-order valence-electron chi connectivity index (χ2n) is 11.5. The number of para-hydroxylation sites is 1. The van der Waals surface area contributed by atoms with Gasteiger partial charge < -0.3 is 32.6 Å². The van der Waals surface area contributed by atoms with E-state index in [0.717, 1.165) is 18.4 Å². The van der Waals surface area contributed by atoms with Gasteiger partial charge in [0.05, 0.1) is 15.6 Å². The molecule has 0 spiro atoms. The fraction of sp³-hybridized carbons (Fsp3) is 0.265. The van der Waals surface area contributed by atoms with Gasteiger partial charge in [0.1, 0.15) is 17.0 Å². The number of amides is 2. The maximum absolute atomic E-state index is 14.2. The van der Waals surface area contributed by atoms with E-state index in [4.69, 9.17) is 21.9 Å². The number of thiophene rings is 1. The van der Waals surface area contributed by atoms with Gasteiger partial charge in [-0.2, -0.15) is 0 Å². The molecule has 3 aromatic carbocycles. The van der Waals surface area contributed by atoms with Crippen LogP contribution < -0.4 is 32.6 Å². The summed E-state index contributed by atoms with van der Waals surface area (Å²) in [5.41, 5.74) is 21.5. The van der Waals surface area contributed by atoms with Gasteiger partial charge in [0.15, 0.2) is 5.78 Å². The molecule has 10 heteroatoms. The minimum Gasteiger partial charge on any atom is -0.457 e. The fourth-order valence-corrected chi connectivity index (χ4v) is 7.69. The maximum Gasteiger partial charge on any atom is 0.261 e. The van der Waals surface area contributed by atoms with E-state index in [1.807, 2.05) is 43.3 Å². The lowest BCUT2D eigenvalue weighted by atomic mass is 9.69. The van der Waals surface area contributed by atoms with E-state index in [2.05, 4.69) is 17.2 Å². The number of hydrogen-bond donors (Lipinski definition) is 5. The van der Waals surface area contributed by atoms with Gasteiger partial charge in [0.2, 0.25) is 5.91 Å². The van der Waals surface area contributed by atoms with Crippen LogP contribution in [0.25, 0.3) is 10.1 Å². The third-order valence-corrected chi connectivity index (χ3v) is 9.97. The predicted octanol–water partition coefficient (Wildman–Crippen LogP) is 4.71. The van der Waals surface area contributed by atoms with Gasteiger partial charge in [-0.15, -0.1) is 11.3 Å². The highest BCUT2D eigenvalue weighted by Crippen LogP contribution is 2.50. The molecule has 0 radical (unpaired) electrons. The molecule has 2 atom stereocenters. The second kappa shape index (κ2) is 11.5. The number of nitrogens with one attached hydrogen (secondary N) is 2. The summed E-state index contributed by atoms with van der Waals surface area (Å²) in [4.78, 5) is 39.9. The zero-order chi connectivity index (χ0) is 31.2. The first kappa shape index (κ1) is 29.6. The first-order chi connectivity index (χ1) is 21.1. The standard InChI is InChI=1S/C34H35N5O4S/c1-3-26(40)38-19-9-11-20(12-10-19)39-33(42)31-28-27-24(15-16-25(35)30(27)44-31)34(37,32(41)29(28)36)23-14-13-22(17-18(23)2)43-21-7-5-4-6-8-21/h3-8,13-17,19-20,29H,1,9-12,35-37H2,2H3,(H,38,40)(H,39,42). The Kier molecular flexibility index (Phi) is 7.75. The monoisotopic (exact) mass is 609 g/mol. The van der Waals surface area contributed by atoms with Crippen LogP contribution in [-0.4, -0.2) is 29.7 Å². The van der Waals surface area contributed by atoms with Gasteiger partial charge in [-0.3, -0.25) is 14.4 Å². The van der Waals surface area contributed by atoms with Crippen LogP contribution in [0.5, 0.6) is 11.5 Å². The van der Waals surface area contributed by atoms with E-state index >= 15 is 0 Å². The average molecular weight is 610 g/mol. The molecule has 2 amide bonds. The van der Waals surface area contributed by atoms with E-state index < -0.39 is 17.4 Å². The third kappa shape index (κ3) is 5.04. The normalized spacial score (nSPS) is 22.8. The molecule has 2 aliphatic rings. The van der Waals surface area contributed by atoms with Crippen molar-refractivity contribution < 1.29 is 19.1 Å². The van der Waals surface area contributed by atoms with E-state index in [9.17, 15) is 14.4 Å². The number of ketones is 1. The lowest BCUT2D eigenvalue weighted by Crippen LogP contribution is -2.53. The Bertz CT molecular complexity index is 1790. The summed E-state index contributed by atoms with van der Waals surface area (Å²) >= 11 is 1.23. The number of hydrogen-bond acceptors (Lipinski definition) is 8. The molecule has 2 unspecified atom stereocenters. The molecule has 8 N–H and O–H groups in total. The SMILES string of the molecule is C=CC(=O)NC1CCC(NC(=O)c2sc3c(N)ccc4c3c2C(N)C(=O)C4(N)c2ccc(Oc3ccccc3)cc2C)CC1. The largest absolute Gasteiger partial charge is 0.457 e. The molecule has 1 heterocycles. The highest BCUT2D eigenvalue weighted by atomic mass is 32.1. The molecule has 4 aromatic rings. The summed E-state index contributed by atoms with van der Waals surface area (Å²) < 4.78 is 6.68. The summed E-state index contributed by atoms with van der Waals surface area (Å²) in [7, 11) is 0. The van der Waals surface area contributed by atoms with Gasteiger partial charge in [0, 0.05) is 28.7 Å². The van der Waals surface area contributed by atoms with E-state index in [0.29, 0.717) is 61.7 Å². The van der Waals surface area contributed by atoms with Crippen molar-refractivity contribution in [2.75, 3.05) is 5.73 Å². The smallest absolute Gasteiger partial charge is 0.261 e. The number of carbonyl (C=O) groups is 3. The average Bonchev–Trinajstić information content (AvgIpc) is 3.43. The number of nitrogen functional groups attached to an aromatic ring is 1. The van der Waals surface area contributed by atoms with Crippen LogP contribution in [0.15, 0.2) is 73.3 Å². The summed E-state index contributed by atoms with van der Waals surface area (Å²) in [6.45, 7) is 5.38. The zero-order valence-electron chi connectivity index (χ0n) is 24.4. The summed E-state index contributed by atoms with van der Waals surface area (Å²) in [5.74, 6) is 0.414. The number of benzene rings is 3. The van der Waals surface area contributed by atoms with Gasteiger partial charge >= 0.3 is 0 Å². The molecule has 44 heavy (non-hydrogen) atoms. The number of ether oxygens (including phenoxy) is 1. The Labute approximate surface area is 259 Å². The predicted molar refractivity (Wildman–Crippen MR) is 173 cm³/mol. The molecule has 0 saturated heterocycles. The highest BCUT2D eigenvalue weighted by Gasteiger charge is 2.49. The Morgan fingerprint density at radius 2 is 1.64 bits per heavy atom. The second-order valence-corrected chi connectivity index (χ2v) is 12.5. The van der Waals surface area contributed by atoms with Crippen molar-refractivity contribution in [1.29, 1.82) is 0 Å². The van der Waals surface area contributed by atoms with Crippen LogP contribution in [0.1, 0.15) is 63.7 Å². The number of aryl methyl sites for hydroxylation is 1. The molecule has 226 valence electrons. The number of nitrogens with two attached hydrogens (primary N) is 3. The maximum atomic E-state index is 14.2. The zero-order valence-corrected chi connectivity index (χ0v) is 25.2. The number of anilines is 1. The van der Waals surface area contributed by atoms with Crippen LogP contribution in [0.4, 0.5) is 5.69 Å². The Morgan fingerprint density at radius 3 is 2.30 bits per heavy atom. The number of Topliss-reactive ketones (excluding diaryl/α,β-unsaturated/α-hetero) is 1. The summed E-state index contributed by atoms with van der Waals surface area (Å²) in [6, 6.07) is 17.2. The lowest BCUT2D eigenvalue weighted by Gasteiger charge is -2.37. The third-order valence-electron chi connectivity index (χ3n) is 8.72. The molecule has 9 nitrogen and oxygen atoms in total. The van der Waals surface area contributed by atoms with E-state index in [1.54, 1.807) is 24.3 Å². The van der Waals surface area contributed by atoms with Crippen LogP contribution >= 0.6 is 11.3 Å². The van der Waals surface area contributed by atoms with Crippen molar-refractivity contribution in [1.82, 2.24) is 10.6 Å². The van der Waals surface area contributed by atoms with Crippen molar-refractivity contribution in [2.24, 2.45) is 11.5 Å². The number of carbonyl (C=O) groups excluding carboxylic acids is 3. The van der Waals surface area contributed by atoms with Gasteiger partial charge in [-0.25, -0.2) is 0 Å². The molecule has 1 aromatic heterocycles. The van der Waals surface area contributed by atoms with E-state index in [-0.39, 0.29) is 23.9 Å². The van der Waals surface area contributed by atoms with Crippen LogP contribution in [0, 0.1) is 6.92 Å². The Morgan fingerprint density at radius 1 is 0.977 bits per heavy atom. The molecule has 0 bridgehead atoms. The molecular weight excluding hydrogens is 574 g/mol. The van der Waals surface area contributed by atoms with Crippen molar-refractivity contribution in [3.63, 3.8) is 0 Å². The summed E-state index contributed by atoms with van der Waals surface area (Å²) in [6.07, 6.45) is 4.16. The van der Waals surface area contributed by atoms with Gasteiger partial charge in [0.25, 0.3) is 5.91 Å². The number of rotatable bonds is 7. The molecule has 1 fully saturated rings. The minimum absolute atomic E-state index is 0.0487. The molecule has 1 saturated carbocycles. The fourth-order valence-electron chi connectivity index (χ4n) is 6.49. The summed E-state index contributed by atoms with van der Waals surface area (Å²) in [5, 5.41) is 6.72. The topological polar surface area (TPSA) is 163 Å². The van der Waals surface area contributed by atoms with Gasteiger partial charge in [-0.1, -0.05) is 36.9 Å². The quantitative estimate of drug-likeness (QED) is 0.150. The Hall–Kier alpha value is -4.51. The first-order valence-electron chi connectivity index (χ1n) is 14.6. The first-order valence-corrected chi connectivity index (χ1v) is 15.5. The van der Waals surface area contributed by atoms with Crippen LogP contribution in [0.3, 0.4) is 0 Å². The lowest BCUT2D eigenvalue weighted by molar-refractivity contribution is -0.124. The van der Waals surface area contributed by atoms with Crippen molar-refractivity contribution >= 4 is 44.7 Å². The van der Waals surface area contributed by atoms with Gasteiger partial charge in [-0.05, 0) is 85.7 Å². The molecule has 0 aliphatic heterocycles. The van der Waals surface area contributed by atoms with Crippen LogP contribution in [-0.2, 0) is 15.1 Å². The van der Waals surface area contributed by atoms with Crippen molar-refractivity contribution in [3.05, 3.63) is 100 Å². The molecular formula is C34H35N5O4S. The van der Waals surface area contributed by atoms with Crippen LogP contribution in [0.2, 0.25) is 0 Å². The van der Waals surface area contributed by atoms with Crippen molar-refractivity contribution in [3.8, 4) is 11.5 Å². The molecule has 6 rings (SSSR count). The van der Waals surface area contributed by atoms with E-state index in [1.165, 1.54) is 17.4 Å².